The topological polar surface area (TPSA) is 111 Å². The molecule has 9 nitrogen and oxygen atoms in total. The zero-order valence-electron chi connectivity index (χ0n) is 18.5. The number of benzene rings is 2. The number of rotatable bonds is 7. The molecule has 0 unspecified atom stereocenters. The first-order valence-electron chi connectivity index (χ1n) is 11.0. The zero-order chi connectivity index (χ0) is 23.4. The molecule has 0 bridgehead atoms. The second-order valence-electron chi connectivity index (χ2n) is 7.97. The Morgan fingerprint density at radius 3 is 2.55 bits per heavy atom. The Morgan fingerprint density at radius 2 is 1.82 bits per heavy atom. The number of oxazole rings is 1. The number of nitrogens with one attached hydrogen (secondary N) is 1. The number of carbonyl (C=O) groups excluding carboxylic acids is 1. The summed E-state index contributed by atoms with van der Waals surface area (Å²) in [5, 5.41) is 2.73. The van der Waals surface area contributed by atoms with Crippen LogP contribution in [0.25, 0.3) is 11.1 Å². The lowest BCUT2D eigenvalue weighted by Crippen LogP contribution is -2.32. The van der Waals surface area contributed by atoms with Gasteiger partial charge in [0.2, 0.25) is 15.9 Å². The molecule has 0 saturated carbocycles. The molecule has 0 radical (unpaired) electrons. The average Bonchev–Trinajstić information content (AvgIpc) is 2.96. The van der Waals surface area contributed by atoms with E-state index in [1.54, 1.807) is 24.3 Å². The highest BCUT2D eigenvalue weighted by molar-refractivity contribution is 7.89. The molecule has 10 heteroatoms. The van der Waals surface area contributed by atoms with Crippen LogP contribution in [-0.2, 0) is 21.4 Å². The number of para-hydroxylation sites is 2. The standard InChI is InChI=1S/C23H27N3O6S/c1-31-20-11-10-17(33(29,30)25-13-6-2-3-7-14-25)16-18(20)24-22(27)12-15-26-19-8-4-5-9-21(19)32-23(26)28/h4-5,8-11,16H,2-3,6-7,12-15H2,1H3,(H,24,27). The molecule has 4 rings (SSSR count). The van der Waals surface area contributed by atoms with Gasteiger partial charge in [-0.1, -0.05) is 25.0 Å². The lowest BCUT2D eigenvalue weighted by molar-refractivity contribution is -0.116. The van der Waals surface area contributed by atoms with Crippen LogP contribution < -0.4 is 15.8 Å². The van der Waals surface area contributed by atoms with E-state index in [-0.39, 0.29) is 29.5 Å². The van der Waals surface area contributed by atoms with E-state index in [9.17, 15) is 18.0 Å². The van der Waals surface area contributed by atoms with E-state index in [1.165, 1.54) is 34.2 Å². The highest BCUT2D eigenvalue weighted by Crippen LogP contribution is 2.30. The molecular weight excluding hydrogens is 446 g/mol. The summed E-state index contributed by atoms with van der Waals surface area (Å²) in [5.74, 6) is -0.564. The van der Waals surface area contributed by atoms with Gasteiger partial charge in [-0.25, -0.2) is 13.2 Å². The molecule has 1 amide bonds. The van der Waals surface area contributed by atoms with Crippen molar-refractivity contribution < 1.29 is 22.4 Å². The lowest BCUT2D eigenvalue weighted by Gasteiger charge is -2.21. The van der Waals surface area contributed by atoms with Crippen LogP contribution in [0.4, 0.5) is 5.69 Å². The van der Waals surface area contributed by atoms with Gasteiger partial charge in [0.15, 0.2) is 5.58 Å². The van der Waals surface area contributed by atoms with Crippen LogP contribution in [0, 0.1) is 0 Å². The van der Waals surface area contributed by atoms with Crippen LogP contribution >= 0.6 is 0 Å². The number of ether oxygens (including phenoxy) is 1. The quantitative estimate of drug-likeness (QED) is 0.564. The maximum atomic E-state index is 13.1. The second-order valence-corrected chi connectivity index (χ2v) is 9.90. The van der Waals surface area contributed by atoms with Crippen molar-refractivity contribution in [1.29, 1.82) is 0 Å². The molecule has 1 aromatic heterocycles. The van der Waals surface area contributed by atoms with Gasteiger partial charge in [-0.3, -0.25) is 9.36 Å². The Hall–Kier alpha value is -3.11. The van der Waals surface area contributed by atoms with Gasteiger partial charge in [0.25, 0.3) is 0 Å². The minimum atomic E-state index is -3.68. The van der Waals surface area contributed by atoms with Crippen molar-refractivity contribution in [3.05, 3.63) is 53.0 Å². The van der Waals surface area contributed by atoms with Crippen LogP contribution in [0.5, 0.6) is 5.75 Å². The predicted octanol–water partition coefficient (Wildman–Crippen LogP) is 3.20. The molecule has 1 saturated heterocycles. The van der Waals surface area contributed by atoms with E-state index in [0.717, 1.165) is 25.7 Å². The van der Waals surface area contributed by atoms with Crippen LogP contribution in [0.1, 0.15) is 32.1 Å². The van der Waals surface area contributed by atoms with E-state index in [1.807, 2.05) is 0 Å². The zero-order valence-corrected chi connectivity index (χ0v) is 19.3. The molecule has 1 N–H and O–H groups in total. The smallest absolute Gasteiger partial charge is 0.419 e. The number of hydrogen-bond acceptors (Lipinski definition) is 6. The first-order chi connectivity index (χ1) is 15.9. The lowest BCUT2D eigenvalue weighted by atomic mass is 10.2. The van der Waals surface area contributed by atoms with Crippen molar-refractivity contribution in [3.8, 4) is 5.75 Å². The minimum Gasteiger partial charge on any atom is -0.495 e. The Kier molecular flexibility index (Phi) is 6.85. The van der Waals surface area contributed by atoms with E-state index < -0.39 is 15.8 Å². The first kappa shape index (κ1) is 23.1. The fourth-order valence-corrected chi connectivity index (χ4v) is 5.57. The molecule has 1 aliphatic rings. The maximum Gasteiger partial charge on any atom is 0.419 e. The number of amides is 1. The molecular formula is C23H27N3O6S. The monoisotopic (exact) mass is 473 g/mol. The van der Waals surface area contributed by atoms with Crippen molar-refractivity contribution in [2.75, 3.05) is 25.5 Å². The van der Waals surface area contributed by atoms with Gasteiger partial charge in [-0.15, -0.1) is 0 Å². The summed E-state index contributed by atoms with van der Waals surface area (Å²) in [6, 6.07) is 11.4. The Labute approximate surface area is 192 Å². The minimum absolute atomic E-state index is 0.00427. The van der Waals surface area contributed by atoms with E-state index in [4.69, 9.17) is 9.15 Å². The summed E-state index contributed by atoms with van der Waals surface area (Å²) >= 11 is 0. The summed E-state index contributed by atoms with van der Waals surface area (Å²) in [6.07, 6.45) is 3.70. The second kappa shape index (κ2) is 9.80. The van der Waals surface area contributed by atoms with Crippen LogP contribution in [0.15, 0.2) is 56.6 Å². The average molecular weight is 474 g/mol. The number of methoxy groups -OCH3 is 1. The van der Waals surface area contributed by atoms with Gasteiger partial charge in [-0.2, -0.15) is 4.31 Å². The number of hydrogen-bond donors (Lipinski definition) is 1. The molecule has 2 heterocycles. The molecule has 2 aromatic carbocycles. The number of carbonyl (C=O) groups is 1. The van der Waals surface area contributed by atoms with Gasteiger partial charge in [0.05, 0.1) is 23.2 Å². The molecule has 1 aliphatic heterocycles. The summed E-state index contributed by atoms with van der Waals surface area (Å²) in [6.45, 7) is 1.10. The van der Waals surface area contributed by atoms with Gasteiger partial charge < -0.3 is 14.5 Å². The van der Waals surface area contributed by atoms with Crippen molar-refractivity contribution in [1.82, 2.24) is 8.87 Å². The summed E-state index contributed by atoms with van der Waals surface area (Å²) in [4.78, 5) is 24.9. The molecule has 1 fully saturated rings. The normalized spacial score (nSPS) is 15.3. The van der Waals surface area contributed by atoms with E-state index in [0.29, 0.717) is 29.9 Å². The maximum absolute atomic E-state index is 13.1. The Balaban J connectivity index is 1.51. The Bertz CT molecular complexity index is 1300. The number of aryl methyl sites for hydroxylation is 1. The van der Waals surface area contributed by atoms with Crippen molar-refractivity contribution in [2.24, 2.45) is 0 Å². The summed E-state index contributed by atoms with van der Waals surface area (Å²) in [7, 11) is -2.23. The third-order valence-corrected chi connectivity index (χ3v) is 7.68. The van der Waals surface area contributed by atoms with E-state index in [2.05, 4.69) is 5.32 Å². The number of anilines is 1. The number of aromatic nitrogens is 1. The van der Waals surface area contributed by atoms with Gasteiger partial charge in [-0.05, 0) is 43.2 Å². The third kappa shape index (κ3) is 4.96. The molecule has 0 atom stereocenters. The van der Waals surface area contributed by atoms with Crippen molar-refractivity contribution in [2.45, 2.75) is 43.5 Å². The molecule has 0 aliphatic carbocycles. The highest BCUT2D eigenvalue weighted by atomic mass is 32.2. The molecule has 33 heavy (non-hydrogen) atoms. The summed E-state index contributed by atoms with van der Waals surface area (Å²) < 4.78 is 39.7. The number of fused-ring (bicyclic) bond motifs is 1. The van der Waals surface area contributed by atoms with Crippen molar-refractivity contribution in [3.63, 3.8) is 0 Å². The van der Waals surface area contributed by atoms with Crippen LogP contribution in [-0.4, -0.2) is 43.4 Å². The predicted molar refractivity (Wildman–Crippen MR) is 124 cm³/mol. The number of sulfonamides is 1. The molecule has 3 aromatic rings. The molecule has 0 spiro atoms. The Morgan fingerprint density at radius 1 is 1.09 bits per heavy atom. The van der Waals surface area contributed by atoms with Gasteiger partial charge in [0, 0.05) is 26.1 Å². The largest absolute Gasteiger partial charge is 0.495 e. The SMILES string of the molecule is COc1ccc(S(=O)(=O)N2CCCCCC2)cc1NC(=O)CCn1c(=O)oc2ccccc21. The van der Waals surface area contributed by atoms with Gasteiger partial charge >= 0.3 is 5.76 Å². The fourth-order valence-electron chi connectivity index (χ4n) is 4.03. The summed E-state index contributed by atoms with van der Waals surface area (Å²) in [5.41, 5.74) is 1.33. The first-order valence-corrected chi connectivity index (χ1v) is 12.4. The third-order valence-electron chi connectivity index (χ3n) is 5.78. The number of nitrogens with zero attached hydrogens (tertiary/aromatic N) is 2. The van der Waals surface area contributed by atoms with E-state index >= 15 is 0 Å². The van der Waals surface area contributed by atoms with Crippen molar-refractivity contribution >= 4 is 32.7 Å². The highest BCUT2D eigenvalue weighted by Gasteiger charge is 2.26. The molecule has 176 valence electrons. The van der Waals surface area contributed by atoms with Crippen LogP contribution in [0.3, 0.4) is 0 Å². The van der Waals surface area contributed by atoms with Gasteiger partial charge in [0.1, 0.15) is 5.75 Å². The fraction of sp³-hybridized carbons (Fsp3) is 0.391. The van der Waals surface area contributed by atoms with Crippen LogP contribution in [0.2, 0.25) is 0 Å².